The third kappa shape index (κ3) is 3.96. The van der Waals surface area contributed by atoms with Crippen LogP contribution in [-0.2, 0) is 0 Å². The normalized spacial score (nSPS) is 14.9. The quantitative estimate of drug-likeness (QED) is 0.619. The van der Waals surface area contributed by atoms with E-state index in [0.29, 0.717) is 17.7 Å². The number of piperazine rings is 1. The maximum Gasteiger partial charge on any atom is 0.196 e. The third-order valence-electron chi connectivity index (χ3n) is 5.49. The summed E-state index contributed by atoms with van der Waals surface area (Å²) in [6, 6.07) is 13.6. The topological polar surface area (TPSA) is 45.7 Å². The molecular formula is C24H27N3O2. The number of hydrogen-bond donors (Lipinski definition) is 0. The molecule has 3 aromatic rings. The summed E-state index contributed by atoms with van der Waals surface area (Å²) in [5.41, 5.74) is 4.41. The highest BCUT2D eigenvalue weighted by Gasteiger charge is 2.24. The number of fused-ring (bicyclic) bond motifs is 1. The van der Waals surface area contributed by atoms with Crippen molar-refractivity contribution in [3.63, 3.8) is 0 Å². The van der Waals surface area contributed by atoms with E-state index in [4.69, 9.17) is 4.74 Å². The molecule has 4 rings (SSSR count). The number of hydrogen-bond acceptors (Lipinski definition) is 5. The zero-order valence-corrected chi connectivity index (χ0v) is 17.3. The minimum Gasteiger partial charge on any atom is -0.494 e. The van der Waals surface area contributed by atoms with Crippen molar-refractivity contribution in [2.24, 2.45) is 0 Å². The minimum absolute atomic E-state index is 0.00196. The Morgan fingerprint density at radius 3 is 2.48 bits per heavy atom. The lowest BCUT2D eigenvalue weighted by Crippen LogP contribution is -2.45. The molecule has 0 saturated carbocycles. The van der Waals surface area contributed by atoms with E-state index in [9.17, 15) is 4.79 Å². The molecule has 0 radical (unpaired) electrons. The second kappa shape index (κ2) is 8.21. The number of likely N-dealkylation sites (N-methyl/N-ethyl adjacent to an activating group) is 1. The standard InChI is InChI=1S/C24H27N3O2/c1-4-29-19-8-6-18(7-9-19)24(28)21-16-25-22-10-5-17(2)15-20(22)23(21)27-13-11-26(3)12-14-27/h5-10,15-16H,4,11-14H2,1-3H3. The molecule has 2 aromatic carbocycles. The van der Waals surface area contributed by atoms with Crippen molar-refractivity contribution in [2.75, 3.05) is 44.7 Å². The molecule has 0 aliphatic carbocycles. The van der Waals surface area contributed by atoms with Crippen LogP contribution in [0.25, 0.3) is 10.9 Å². The Morgan fingerprint density at radius 1 is 1.07 bits per heavy atom. The van der Waals surface area contributed by atoms with Crippen molar-refractivity contribution in [3.05, 3.63) is 65.4 Å². The van der Waals surface area contributed by atoms with Gasteiger partial charge in [0.25, 0.3) is 0 Å². The molecule has 150 valence electrons. The Bertz CT molecular complexity index is 1020. The molecule has 0 unspecified atom stereocenters. The monoisotopic (exact) mass is 389 g/mol. The Labute approximate surface area is 171 Å². The minimum atomic E-state index is -0.00196. The number of carbonyl (C=O) groups is 1. The zero-order valence-electron chi connectivity index (χ0n) is 17.3. The van der Waals surface area contributed by atoms with Crippen LogP contribution in [0.15, 0.2) is 48.7 Å². The van der Waals surface area contributed by atoms with Gasteiger partial charge in [-0.05, 0) is 57.3 Å². The van der Waals surface area contributed by atoms with Gasteiger partial charge in [-0.25, -0.2) is 0 Å². The van der Waals surface area contributed by atoms with E-state index in [2.05, 4.69) is 40.9 Å². The Kier molecular flexibility index (Phi) is 5.49. The van der Waals surface area contributed by atoms with Crippen molar-refractivity contribution in [1.82, 2.24) is 9.88 Å². The first-order valence-electron chi connectivity index (χ1n) is 10.2. The summed E-state index contributed by atoms with van der Waals surface area (Å²) in [4.78, 5) is 22.7. The van der Waals surface area contributed by atoms with E-state index in [1.54, 1.807) is 6.20 Å². The van der Waals surface area contributed by atoms with Gasteiger partial charge in [0.05, 0.1) is 23.4 Å². The van der Waals surface area contributed by atoms with E-state index in [0.717, 1.165) is 48.5 Å². The summed E-state index contributed by atoms with van der Waals surface area (Å²) in [5.74, 6) is 0.772. The summed E-state index contributed by atoms with van der Waals surface area (Å²) in [7, 11) is 2.14. The number of aryl methyl sites for hydroxylation is 1. The summed E-state index contributed by atoms with van der Waals surface area (Å²) in [6.07, 6.45) is 1.74. The number of ketones is 1. The number of anilines is 1. The fraction of sp³-hybridized carbons (Fsp3) is 0.333. The second-order valence-corrected chi connectivity index (χ2v) is 7.62. The first-order valence-corrected chi connectivity index (χ1v) is 10.2. The molecule has 1 fully saturated rings. The third-order valence-corrected chi connectivity index (χ3v) is 5.49. The highest BCUT2D eigenvalue weighted by Crippen LogP contribution is 2.33. The van der Waals surface area contributed by atoms with Crippen LogP contribution in [0.3, 0.4) is 0 Å². The van der Waals surface area contributed by atoms with E-state index in [1.807, 2.05) is 37.3 Å². The first kappa shape index (κ1) is 19.4. The van der Waals surface area contributed by atoms with Crippen molar-refractivity contribution >= 4 is 22.4 Å². The van der Waals surface area contributed by atoms with Gasteiger partial charge >= 0.3 is 0 Å². The molecule has 0 amide bonds. The highest BCUT2D eigenvalue weighted by molar-refractivity contribution is 6.16. The molecule has 1 saturated heterocycles. The van der Waals surface area contributed by atoms with E-state index in [-0.39, 0.29) is 5.78 Å². The number of aromatic nitrogens is 1. The maximum absolute atomic E-state index is 13.5. The SMILES string of the molecule is CCOc1ccc(C(=O)c2cnc3ccc(C)cc3c2N2CCN(C)CC2)cc1. The van der Waals surface area contributed by atoms with Gasteiger partial charge in [-0.15, -0.1) is 0 Å². The lowest BCUT2D eigenvalue weighted by molar-refractivity contribution is 0.103. The van der Waals surface area contributed by atoms with Crippen LogP contribution in [-0.4, -0.2) is 55.5 Å². The molecule has 2 heterocycles. The van der Waals surface area contributed by atoms with Crippen molar-refractivity contribution in [3.8, 4) is 5.75 Å². The summed E-state index contributed by atoms with van der Waals surface area (Å²) >= 11 is 0. The van der Waals surface area contributed by atoms with Gasteiger partial charge in [-0.2, -0.15) is 0 Å². The molecule has 29 heavy (non-hydrogen) atoms. The Morgan fingerprint density at radius 2 is 1.79 bits per heavy atom. The van der Waals surface area contributed by atoms with E-state index < -0.39 is 0 Å². The van der Waals surface area contributed by atoms with Crippen LogP contribution in [0.2, 0.25) is 0 Å². The summed E-state index contributed by atoms with van der Waals surface area (Å²) in [5, 5.41) is 1.05. The number of nitrogens with zero attached hydrogens (tertiary/aromatic N) is 3. The molecule has 0 N–H and O–H groups in total. The van der Waals surface area contributed by atoms with Gasteiger partial charge in [-0.3, -0.25) is 9.78 Å². The molecule has 0 spiro atoms. The Balaban J connectivity index is 1.80. The lowest BCUT2D eigenvalue weighted by atomic mass is 9.98. The summed E-state index contributed by atoms with van der Waals surface area (Å²) in [6.45, 7) is 8.38. The van der Waals surface area contributed by atoms with Crippen LogP contribution < -0.4 is 9.64 Å². The Hall–Kier alpha value is -2.92. The average molecular weight is 389 g/mol. The van der Waals surface area contributed by atoms with Gasteiger partial charge in [0, 0.05) is 43.3 Å². The molecule has 1 aliphatic rings. The summed E-state index contributed by atoms with van der Waals surface area (Å²) < 4.78 is 5.51. The molecule has 5 heteroatoms. The van der Waals surface area contributed by atoms with Gasteiger partial charge in [-0.1, -0.05) is 11.6 Å². The van der Waals surface area contributed by atoms with Crippen LogP contribution in [0, 0.1) is 6.92 Å². The van der Waals surface area contributed by atoms with Crippen molar-refractivity contribution in [1.29, 1.82) is 0 Å². The fourth-order valence-corrected chi connectivity index (χ4v) is 3.85. The van der Waals surface area contributed by atoms with Crippen LogP contribution in [0.4, 0.5) is 5.69 Å². The number of ether oxygens (including phenoxy) is 1. The van der Waals surface area contributed by atoms with E-state index in [1.165, 1.54) is 5.56 Å². The number of rotatable bonds is 5. The molecule has 5 nitrogen and oxygen atoms in total. The molecule has 0 bridgehead atoms. The highest BCUT2D eigenvalue weighted by atomic mass is 16.5. The molecule has 1 aliphatic heterocycles. The van der Waals surface area contributed by atoms with Crippen LogP contribution >= 0.6 is 0 Å². The van der Waals surface area contributed by atoms with Crippen molar-refractivity contribution in [2.45, 2.75) is 13.8 Å². The maximum atomic E-state index is 13.5. The van der Waals surface area contributed by atoms with Crippen molar-refractivity contribution < 1.29 is 9.53 Å². The van der Waals surface area contributed by atoms with Gasteiger partial charge in [0.1, 0.15) is 5.75 Å². The predicted octanol–water partition coefficient (Wildman–Crippen LogP) is 3.92. The smallest absolute Gasteiger partial charge is 0.196 e. The first-order chi connectivity index (χ1) is 14.1. The molecule has 0 atom stereocenters. The van der Waals surface area contributed by atoms with Crippen LogP contribution in [0.1, 0.15) is 28.4 Å². The largest absolute Gasteiger partial charge is 0.494 e. The fourth-order valence-electron chi connectivity index (χ4n) is 3.85. The number of benzene rings is 2. The number of carbonyl (C=O) groups excluding carboxylic acids is 1. The van der Waals surface area contributed by atoms with Gasteiger partial charge < -0.3 is 14.5 Å². The predicted molar refractivity (Wildman–Crippen MR) is 117 cm³/mol. The second-order valence-electron chi connectivity index (χ2n) is 7.62. The molecular weight excluding hydrogens is 362 g/mol. The van der Waals surface area contributed by atoms with Gasteiger partial charge in [0.15, 0.2) is 5.78 Å². The zero-order chi connectivity index (χ0) is 20.4. The number of pyridine rings is 1. The van der Waals surface area contributed by atoms with Crippen LogP contribution in [0.5, 0.6) is 5.75 Å². The average Bonchev–Trinajstić information content (AvgIpc) is 2.74. The lowest BCUT2D eigenvalue weighted by Gasteiger charge is -2.35. The molecule has 1 aromatic heterocycles. The van der Waals surface area contributed by atoms with Gasteiger partial charge in [0.2, 0.25) is 0 Å². The van der Waals surface area contributed by atoms with E-state index >= 15 is 0 Å².